The van der Waals surface area contributed by atoms with Crippen molar-refractivity contribution in [2.45, 2.75) is 45.6 Å². The average Bonchev–Trinajstić information content (AvgIpc) is 2.54. The van der Waals surface area contributed by atoms with Gasteiger partial charge in [0.05, 0.1) is 25.3 Å². The molecule has 0 spiro atoms. The van der Waals surface area contributed by atoms with Crippen LogP contribution in [0.15, 0.2) is 24.3 Å². The summed E-state index contributed by atoms with van der Waals surface area (Å²) in [5.41, 5.74) is 0.169. The number of carbonyl (C=O) groups is 1. The van der Waals surface area contributed by atoms with Crippen LogP contribution in [0.25, 0.3) is 0 Å². The molecule has 0 atom stereocenters. The Hall–Kier alpha value is -1.55. The molecule has 1 aliphatic rings. The highest BCUT2D eigenvalue weighted by Crippen LogP contribution is 2.29. The van der Waals surface area contributed by atoms with E-state index in [1.165, 1.54) is 0 Å². The highest BCUT2D eigenvalue weighted by atomic mass is 16.6. The third-order valence-corrected chi connectivity index (χ3v) is 4.34. The number of rotatable bonds is 6. The molecule has 1 saturated heterocycles. The van der Waals surface area contributed by atoms with Gasteiger partial charge in [-0.05, 0) is 44.5 Å². The lowest BCUT2D eigenvalue weighted by molar-refractivity contribution is -0.665. The van der Waals surface area contributed by atoms with Crippen LogP contribution >= 0.6 is 0 Å². The number of hydrogen-bond acceptors (Lipinski definition) is 3. The standard InChI is InChI=1S/C18H27NO3/c1-4-13-21-16-7-5-14(6-8-16)17(20)22-18(2,3)15-9-11-19-12-10-15/h5-8,15,19H,4,9-13H2,1-3H3/p+1. The summed E-state index contributed by atoms with van der Waals surface area (Å²) in [6.45, 7) is 9.05. The van der Waals surface area contributed by atoms with Crippen molar-refractivity contribution >= 4 is 5.97 Å². The maximum Gasteiger partial charge on any atom is 0.338 e. The summed E-state index contributed by atoms with van der Waals surface area (Å²) in [6.07, 6.45) is 3.17. The summed E-state index contributed by atoms with van der Waals surface area (Å²) in [7, 11) is 0. The zero-order valence-corrected chi connectivity index (χ0v) is 13.9. The van der Waals surface area contributed by atoms with Crippen molar-refractivity contribution < 1.29 is 19.6 Å². The SMILES string of the molecule is CCCOc1ccc(C(=O)OC(C)(C)C2CC[NH2+]CC2)cc1. The van der Waals surface area contributed by atoms with E-state index in [9.17, 15) is 4.79 Å². The first-order chi connectivity index (χ1) is 10.5. The van der Waals surface area contributed by atoms with Crippen molar-refractivity contribution in [2.24, 2.45) is 5.92 Å². The number of carbonyl (C=O) groups excluding carboxylic acids is 1. The second kappa shape index (κ2) is 7.63. The molecule has 0 amide bonds. The Morgan fingerprint density at radius 3 is 2.45 bits per heavy atom. The average molecular weight is 306 g/mol. The molecular weight excluding hydrogens is 278 g/mol. The van der Waals surface area contributed by atoms with Crippen LogP contribution < -0.4 is 10.1 Å². The Balaban J connectivity index is 1.95. The number of hydrogen-bond donors (Lipinski definition) is 1. The van der Waals surface area contributed by atoms with Gasteiger partial charge in [-0.25, -0.2) is 4.79 Å². The van der Waals surface area contributed by atoms with Crippen LogP contribution in [0.4, 0.5) is 0 Å². The van der Waals surface area contributed by atoms with Crippen molar-refractivity contribution in [1.29, 1.82) is 0 Å². The van der Waals surface area contributed by atoms with E-state index in [4.69, 9.17) is 9.47 Å². The molecule has 2 rings (SSSR count). The summed E-state index contributed by atoms with van der Waals surface area (Å²) in [4.78, 5) is 12.4. The van der Waals surface area contributed by atoms with Crippen molar-refractivity contribution in [3.05, 3.63) is 29.8 Å². The maximum absolute atomic E-state index is 12.4. The van der Waals surface area contributed by atoms with Crippen LogP contribution in [-0.2, 0) is 4.74 Å². The molecule has 0 saturated carbocycles. The van der Waals surface area contributed by atoms with E-state index in [0.29, 0.717) is 18.1 Å². The van der Waals surface area contributed by atoms with Crippen molar-refractivity contribution in [3.63, 3.8) is 0 Å². The minimum atomic E-state index is -0.414. The van der Waals surface area contributed by atoms with Gasteiger partial charge in [0, 0.05) is 18.8 Å². The number of nitrogens with two attached hydrogens (primary N) is 1. The highest BCUT2D eigenvalue weighted by Gasteiger charge is 2.35. The van der Waals surface area contributed by atoms with Gasteiger partial charge in [0.25, 0.3) is 0 Å². The van der Waals surface area contributed by atoms with Crippen LogP contribution in [0.2, 0.25) is 0 Å². The molecule has 1 fully saturated rings. The lowest BCUT2D eigenvalue weighted by Crippen LogP contribution is -2.86. The van der Waals surface area contributed by atoms with Gasteiger partial charge in [-0.1, -0.05) is 6.92 Å². The van der Waals surface area contributed by atoms with Gasteiger partial charge in [0.2, 0.25) is 0 Å². The molecule has 1 aromatic carbocycles. The van der Waals surface area contributed by atoms with Gasteiger partial charge < -0.3 is 14.8 Å². The molecule has 4 nitrogen and oxygen atoms in total. The monoisotopic (exact) mass is 306 g/mol. The molecule has 1 heterocycles. The zero-order valence-electron chi connectivity index (χ0n) is 13.9. The molecule has 0 aromatic heterocycles. The Kier molecular flexibility index (Phi) is 5.83. The fourth-order valence-electron chi connectivity index (χ4n) is 2.91. The van der Waals surface area contributed by atoms with E-state index in [1.807, 2.05) is 26.0 Å². The molecule has 4 heteroatoms. The van der Waals surface area contributed by atoms with E-state index in [2.05, 4.69) is 12.2 Å². The second-order valence-electron chi connectivity index (χ2n) is 6.51. The molecule has 0 bridgehead atoms. The summed E-state index contributed by atoms with van der Waals surface area (Å²) >= 11 is 0. The maximum atomic E-state index is 12.4. The number of benzene rings is 1. The quantitative estimate of drug-likeness (QED) is 0.821. The van der Waals surface area contributed by atoms with Crippen molar-refractivity contribution in [3.8, 4) is 5.75 Å². The molecule has 0 aliphatic carbocycles. The Bertz CT molecular complexity index is 476. The molecule has 2 N–H and O–H groups in total. The van der Waals surface area contributed by atoms with Crippen molar-refractivity contribution in [1.82, 2.24) is 0 Å². The third kappa shape index (κ3) is 4.47. The minimum absolute atomic E-state index is 0.249. The molecule has 122 valence electrons. The lowest BCUT2D eigenvalue weighted by Gasteiger charge is -2.35. The number of piperidine rings is 1. The zero-order chi connectivity index (χ0) is 16.0. The first-order valence-electron chi connectivity index (χ1n) is 8.31. The summed E-state index contributed by atoms with van der Waals surface area (Å²) in [6, 6.07) is 7.21. The van der Waals surface area contributed by atoms with E-state index in [1.54, 1.807) is 12.1 Å². The molecule has 1 aromatic rings. The number of esters is 1. The van der Waals surface area contributed by atoms with Gasteiger partial charge >= 0.3 is 5.97 Å². The predicted molar refractivity (Wildman–Crippen MR) is 86.1 cm³/mol. The molecule has 1 aliphatic heterocycles. The Morgan fingerprint density at radius 2 is 1.86 bits per heavy atom. The van der Waals surface area contributed by atoms with E-state index in [0.717, 1.165) is 38.1 Å². The molecule has 0 radical (unpaired) electrons. The first-order valence-corrected chi connectivity index (χ1v) is 8.31. The fourth-order valence-corrected chi connectivity index (χ4v) is 2.91. The van der Waals surface area contributed by atoms with Gasteiger partial charge in [0.1, 0.15) is 11.4 Å². The second-order valence-corrected chi connectivity index (χ2v) is 6.51. The van der Waals surface area contributed by atoms with Gasteiger partial charge in [-0.15, -0.1) is 0 Å². The normalized spacial score (nSPS) is 16.3. The largest absolute Gasteiger partial charge is 0.494 e. The van der Waals surface area contributed by atoms with Crippen LogP contribution in [0, 0.1) is 5.92 Å². The summed E-state index contributed by atoms with van der Waals surface area (Å²) < 4.78 is 11.3. The predicted octanol–water partition coefficient (Wildman–Crippen LogP) is 2.38. The topological polar surface area (TPSA) is 52.1 Å². The number of ether oxygens (including phenoxy) is 2. The molecule has 22 heavy (non-hydrogen) atoms. The van der Waals surface area contributed by atoms with Crippen LogP contribution in [-0.4, -0.2) is 31.3 Å². The third-order valence-electron chi connectivity index (χ3n) is 4.34. The van der Waals surface area contributed by atoms with E-state index in [-0.39, 0.29) is 5.97 Å². The van der Waals surface area contributed by atoms with E-state index >= 15 is 0 Å². The Labute approximate surface area is 133 Å². The highest BCUT2D eigenvalue weighted by molar-refractivity contribution is 5.89. The summed E-state index contributed by atoms with van der Waals surface area (Å²) in [5.74, 6) is 0.982. The molecular formula is C18H28NO3+. The van der Waals surface area contributed by atoms with Gasteiger partial charge in [-0.3, -0.25) is 0 Å². The molecule has 0 unspecified atom stereocenters. The van der Waals surface area contributed by atoms with Crippen LogP contribution in [0.5, 0.6) is 5.75 Å². The van der Waals surface area contributed by atoms with Gasteiger partial charge in [-0.2, -0.15) is 0 Å². The smallest absolute Gasteiger partial charge is 0.338 e. The van der Waals surface area contributed by atoms with Crippen LogP contribution in [0.3, 0.4) is 0 Å². The minimum Gasteiger partial charge on any atom is -0.494 e. The number of quaternary nitrogens is 1. The van der Waals surface area contributed by atoms with E-state index < -0.39 is 5.60 Å². The fraction of sp³-hybridized carbons (Fsp3) is 0.611. The Morgan fingerprint density at radius 1 is 1.23 bits per heavy atom. The summed E-state index contributed by atoms with van der Waals surface area (Å²) in [5, 5.41) is 2.32. The van der Waals surface area contributed by atoms with Crippen LogP contribution in [0.1, 0.15) is 50.4 Å². The lowest BCUT2D eigenvalue weighted by atomic mass is 9.83. The first kappa shape index (κ1) is 16.8. The van der Waals surface area contributed by atoms with Crippen molar-refractivity contribution in [2.75, 3.05) is 19.7 Å². The van der Waals surface area contributed by atoms with Gasteiger partial charge in [0.15, 0.2) is 0 Å².